The van der Waals surface area contributed by atoms with Gasteiger partial charge in [0, 0.05) is 18.0 Å². The molecule has 2 aliphatic heterocycles. The number of hydrogen-bond acceptors (Lipinski definition) is 9. The van der Waals surface area contributed by atoms with Crippen molar-refractivity contribution in [2.75, 3.05) is 6.61 Å². The van der Waals surface area contributed by atoms with Gasteiger partial charge in [0.2, 0.25) is 5.89 Å². The van der Waals surface area contributed by atoms with Crippen molar-refractivity contribution in [2.24, 2.45) is 11.8 Å². The number of hydrogen-bond donors (Lipinski definition) is 3. The zero-order valence-corrected chi connectivity index (χ0v) is 18.7. The van der Waals surface area contributed by atoms with Crippen molar-refractivity contribution in [3.8, 4) is 10.6 Å². The molecule has 8 nitrogen and oxygen atoms in total. The van der Waals surface area contributed by atoms with Crippen LogP contribution in [0, 0.1) is 11.8 Å². The Bertz CT molecular complexity index is 882. The number of rotatable bonds is 8. The van der Waals surface area contributed by atoms with Gasteiger partial charge in [-0.2, -0.15) is 0 Å². The van der Waals surface area contributed by atoms with Gasteiger partial charge in [0.05, 0.1) is 48.2 Å². The normalized spacial score (nSPS) is 33.3. The van der Waals surface area contributed by atoms with Crippen LogP contribution >= 0.6 is 11.5 Å². The third-order valence-corrected chi connectivity index (χ3v) is 7.03. The molecule has 0 aliphatic carbocycles. The lowest BCUT2D eigenvalue weighted by atomic mass is 9.85. The van der Waals surface area contributed by atoms with E-state index in [1.807, 2.05) is 26.0 Å². The molecule has 31 heavy (non-hydrogen) atoms. The Hall–Kier alpha value is -1.62. The molecule has 0 saturated carbocycles. The Kier molecular flexibility index (Phi) is 6.90. The molecule has 0 amide bonds. The Labute approximate surface area is 185 Å². The first-order valence-electron chi connectivity index (χ1n) is 10.7. The molecule has 170 valence electrons. The van der Waals surface area contributed by atoms with E-state index in [0.717, 1.165) is 10.5 Å². The van der Waals surface area contributed by atoms with Crippen LogP contribution in [0.25, 0.3) is 16.7 Å². The smallest absolute Gasteiger partial charge is 0.219 e. The highest BCUT2D eigenvalue weighted by Crippen LogP contribution is 2.38. The van der Waals surface area contributed by atoms with E-state index in [2.05, 4.69) is 9.36 Å². The standard InChI is InChI=1S/C22H30N2O6S/c1-11(7-19-23-9-17(29-19)18-4-5-24-31-18)6-15-21(27)20(26)14(10-28-15)8-16-22(30-16)12(2)13(3)25/h4-5,7,9,12-16,20-22,25-27H,6,8,10H2,1-3H3/b11-7+/t12-,13-,14-,15-,16-,20+,21-,22-/m0/s1. The molecule has 0 bridgehead atoms. The van der Waals surface area contributed by atoms with Crippen molar-refractivity contribution in [3.05, 3.63) is 29.9 Å². The monoisotopic (exact) mass is 450 g/mol. The fraction of sp³-hybridized carbons (Fsp3) is 0.636. The number of aromatic nitrogens is 2. The second kappa shape index (κ2) is 9.48. The van der Waals surface area contributed by atoms with Gasteiger partial charge in [-0.15, -0.1) is 0 Å². The maximum Gasteiger partial charge on any atom is 0.219 e. The summed E-state index contributed by atoms with van der Waals surface area (Å²) >= 11 is 1.34. The van der Waals surface area contributed by atoms with Gasteiger partial charge in [-0.25, -0.2) is 9.36 Å². The second-order valence-electron chi connectivity index (χ2n) is 8.72. The zero-order chi connectivity index (χ0) is 22.1. The number of nitrogens with zero attached hydrogens (tertiary/aromatic N) is 2. The first-order chi connectivity index (χ1) is 14.8. The van der Waals surface area contributed by atoms with Crippen LogP contribution in [-0.4, -0.2) is 67.9 Å². The molecule has 4 heterocycles. The number of aliphatic hydroxyl groups is 3. The van der Waals surface area contributed by atoms with Gasteiger partial charge in [0.25, 0.3) is 0 Å². The maximum absolute atomic E-state index is 10.6. The summed E-state index contributed by atoms with van der Waals surface area (Å²) < 4.78 is 21.4. The maximum atomic E-state index is 10.6. The largest absolute Gasteiger partial charge is 0.436 e. The highest BCUT2D eigenvalue weighted by Gasteiger charge is 2.48. The Balaban J connectivity index is 1.30. The Morgan fingerprint density at radius 1 is 1.29 bits per heavy atom. The summed E-state index contributed by atoms with van der Waals surface area (Å²) in [5, 5.41) is 31.0. The van der Waals surface area contributed by atoms with E-state index < -0.39 is 24.4 Å². The lowest BCUT2D eigenvalue weighted by molar-refractivity contribution is -0.165. The summed E-state index contributed by atoms with van der Waals surface area (Å²) in [6, 6.07) is 1.87. The molecular formula is C22H30N2O6S. The quantitative estimate of drug-likeness (QED) is 0.525. The predicted molar refractivity (Wildman–Crippen MR) is 115 cm³/mol. The van der Waals surface area contributed by atoms with Crippen molar-refractivity contribution in [2.45, 2.75) is 70.2 Å². The van der Waals surface area contributed by atoms with Gasteiger partial charge in [-0.1, -0.05) is 12.5 Å². The minimum Gasteiger partial charge on any atom is -0.436 e. The lowest BCUT2D eigenvalue weighted by Crippen LogP contribution is -2.50. The van der Waals surface area contributed by atoms with Crippen LogP contribution in [0.4, 0.5) is 0 Å². The summed E-state index contributed by atoms with van der Waals surface area (Å²) in [4.78, 5) is 5.19. The summed E-state index contributed by atoms with van der Waals surface area (Å²) in [6.07, 6.45) is 3.48. The molecule has 0 radical (unpaired) electrons. The minimum atomic E-state index is -0.981. The van der Waals surface area contributed by atoms with Crippen molar-refractivity contribution >= 4 is 17.6 Å². The predicted octanol–water partition coefficient (Wildman–Crippen LogP) is 2.50. The van der Waals surface area contributed by atoms with Gasteiger partial charge in [0.1, 0.15) is 6.10 Å². The molecule has 9 heteroatoms. The molecule has 2 saturated heterocycles. The van der Waals surface area contributed by atoms with Gasteiger partial charge in [-0.05, 0) is 50.4 Å². The van der Waals surface area contributed by atoms with E-state index in [-0.39, 0.29) is 24.0 Å². The van der Waals surface area contributed by atoms with E-state index in [0.29, 0.717) is 31.1 Å². The molecule has 3 N–H and O–H groups in total. The first-order valence-corrected chi connectivity index (χ1v) is 11.5. The van der Waals surface area contributed by atoms with Crippen LogP contribution in [0.2, 0.25) is 0 Å². The van der Waals surface area contributed by atoms with Crippen molar-refractivity contribution in [3.63, 3.8) is 0 Å². The van der Waals surface area contributed by atoms with Gasteiger partial charge >= 0.3 is 0 Å². The van der Waals surface area contributed by atoms with Gasteiger partial charge in [0.15, 0.2) is 5.76 Å². The van der Waals surface area contributed by atoms with Gasteiger partial charge < -0.3 is 29.2 Å². The zero-order valence-electron chi connectivity index (χ0n) is 17.9. The molecule has 0 spiro atoms. The highest BCUT2D eigenvalue weighted by molar-refractivity contribution is 7.09. The highest BCUT2D eigenvalue weighted by atomic mass is 32.1. The van der Waals surface area contributed by atoms with E-state index in [1.54, 1.807) is 19.3 Å². The summed E-state index contributed by atoms with van der Waals surface area (Å²) in [5.41, 5.74) is 0.934. The van der Waals surface area contributed by atoms with Gasteiger partial charge in [-0.3, -0.25) is 0 Å². The average molecular weight is 451 g/mol. The molecule has 0 aromatic carbocycles. The molecule has 0 unspecified atom stereocenters. The Morgan fingerprint density at radius 3 is 2.81 bits per heavy atom. The number of ether oxygens (including phenoxy) is 2. The fourth-order valence-electron chi connectivity index (χ4n) is 4.11. The molecule has 2 fully saturated rings. The third-order valence-electron chi connectivity index (χ3n) is 6.27. The molecule has 4 rings (SSSR count). The van der Waals surface area contributed by atoms with Crippen molar-refractivity contribution < 1.29 is 29.2 Å². The van der Waals surface area contributed by atoms with Crippen molar-refractivity contribution in [1.82, 2.24) is 9.36 Å². The number of aliphatic hydroxyl groups excluding tert-OH is 3. The number of oxazole rings is 1. The Morgan fingerprint density at radius 2 is 2.10 bits per heavy atom. The fourth-order valence-corrected chi connectivity index (χ4v) is 4.65. The minimum absolute atomic E-state index is 0.00268. The summed E-state index contributed by atoms with van der Waals surface area (Å²) in [5.74, 6) is 0.998. The lowest BCUT2D eigenvalue weighted by Gasteiger charge is -2.38. The van der Waals surface area contributed by atoms with Crippen molar-refractivity contribution in [1.29, 1.82) is 0 Å². The molecule has 2 aromatic heterocycles. The van der Waals surface area contributed by atoms with Crippen LogP contribution in [0.15, 0.2) is 28.5 Å². The van der Waals surface area contributed by atoms with E-state index in [4.69, 9.17) is 13.9 Å². The summed E-state index contributed by atoms with van der Waals surface area (Å²) in [6.45, 7) is 5.99. The second-order valence-corrected chi connectivity index (χ2v) is 9.56. The van der Waals surface area contributed by atoms with E-state index in [9.17, 15) is 15.3 Å². The van der Waals surface area contributed by atoms with E-state index >= 15 is 0 Å². The topological polar surface area (TPSA) is 121 Å². The molecule has 2 aliphatic rings. The number of epoxide rings is 1. The van der Waals surface area contributed by atoms with Crippen LogP contribution in [0.5, 0.6) is 0 Å². The SMILES string of the molecule is C/C(=C\c1ncc(-c2ccns2)o1)C[C@@H]1OC[C@H](C[C@@H]2O[C@H]2[C@@H](C)[C@H](C)O)[C@@H](O)[C@H]1O. The first kappa shape index (κ1) is 22.6. The molecule has 8 atom stereocenters. The van der Waals surface area contributed by atoms with Crippen LogP contribution in [0.1, 0.15) is 39.5 Å². The third kappa shape index (κ3) is 5.24. The van der Waals surface area contributed by atoms with Crippen LogP contribution < -0.4 is 0 Å². The average Bonchev–Trinajstić information content (AvgIpc) is 3.09. The van der Waals surface area contributed by atoms with Crippen LogP contribution in [-0.2, 0) is 9.47 Å². The van der Waals surface area contributed by atoms with E-state index in [1.165, 1.54) is 11.5 Å². The van der Waals surface area contributed by atoms with Crippen LogP contribution in [0.3, 0.4) is 0 Å². The molecule has 2 aromatic rings. The summed E-state index contributed by atoms with van der Waals surface area (Å²) in [7, 11) is 0. The molecular weight excluding hydrogens is 420 g/mol.